The van der Waals surface area contributed by atoms with Crippen molar-refractivity contribution < 1.29 is 14.3 Å². The van der Waals surface area contributed by atoms with E-state index in [1.54, 1.807) is 11.1 Å². The summed E-state index contributed by atoms with van der Waals surface area (Å²) >= 11 is 0. The Kier molecular flexibility index (Phi) is 5.50. The van der Waals surface area contributed by atoms with Gasteiger partial charge in [-0.05, 0) is 19.3 Å². The molecule has 1 aromatic heterocycles. The highest BCUT2D eigenvalue weighted by molar-refractivity contribution is 5.86. The molecule has 0 radical (unpaired) electrons. The second-order valence-corrected chi connectivity index (χ2v) is 6.41. The second-order valence-electron chi connectivity index (χ2n) is 6.41. The third-order valence-corrected chi connectivity index (χ3v) is 4.25. The number of aromatic nitrogens is 2. The van der Waals surface area contributed by atoms with Gasteiger partial charge in [0, 0.05) is 24.4 Å². The Morgan fingerprint density at radius 2 is 2.25 bits per heavy atom. The van der Waals surface area contributed by atoms with Crippen molar-refractivity contribution >= 4 is 12.0 Å². The number of carbonyl (C=O) groups excluding carboxylic acids is 2. The molecule has 7 heteroatoms. The molecule has 1 saturated heterocycles. The van der Waals surface area contributed by atoms with Crippen LogP contribution in [-0.4, -0.2) is 46.6 Å². The van der Waals surface area contributed by atoms with E-state index in [0.717, 1.165) is 11.5 Å². The summed E-state index contributed by atoms with van der Waals surface area (Å²) in [5.74, 6) is 3.16. The Bertz CT molecular complexity index is 647. The molecule has 2 N–H and O–H groups in total. The lowest BCUT2D eigenvalue weighted by molar-refractivity contribution is -0.135. The van der Waals surface area contributed by atoms with Crippen molar-refractivity contribution in [2.75, 3.05) is 13.7 Å². The van der Waals surface area contributed by atoms with Crippen LogP contribution in [0.15, 0.2) is 6.20 Å². The minimum absolute atomic E-state index is 0.0321. The zero-order chi connectivity index (χ0) is 17.9. The van der Waals surface area contributed by atoms with E-state index in [0.29, 0.717) is 13.0 Å². The summed E-state index contributed by atoms with van der Waals surface area (Å²) in [6.45, 7) is 6.11. The normalized spacial score (nSPS) is 21.4. The molecule has 1 fully saturated rings. The molecule has 1 aromatic rings. The second kappa shape index (κ2) is 7.39. The summed E-state index contributed by atoms with van der Waals surface area (Å²) in [5, 5.41) is 2.62. The Balaban J connectivity index is 2.26. The summed E-state index contributed by atoms with van der Waals surface area (Å²) in [6.07, 6.45) is 7.33. The van der Waals surface area contributed by atoms with E-state index in [9.17, 15) is 9.59 Å². The minimum atomic E-state index is -0.674. The highest BCUT2D eigenvalue weighted by Crippen LogP contribution is 2.34. The molecule has 24 heavy (non-hydrogen) atoms. The molecular formula is C17H24N4O3. The van der Waals surface area contributed by atoms with Crippen LogP contribution in [0.2, 0.25) is 0 Å². The first-order valence-electron chi connectivity index (χ1n) is 8.00. The van der Waals surface area contributed by atoms with Gasteiger partial charge < -0.3 is 19.9 Å². The number of methoxy groups -OCH3 is 1. The van der Waals surface area contributed by atoms with Gasteiger partial charge >= 0.3 is 6.09 Å². The lowest BCUT2D eigenvalue weighted by Gasteiger charge is -2.29. The van der Waals surface area contributed by atoms with Crippen molar-refractivity contribution in [2.45, 2.75) is 39.3 Å². The number of H-pyrrole nitrogens is 1. The number of nitrogens with one attached hydrogen (secondary N) is 2. The maximum absolute atomic E-state index is 13.0. The molecule has 0 saturated carbocycles. The number of hydrogen-bond donors (Lipinski definition) is 2. The standard InChI is InChI=1S/C17H24N4O3/c1-6-12-7-13(15-18-8-11(4)19-15)21(9-12)16(22)14(10(2)3)20-17(23)24-5/h1,8,10,12-14H,7,9H2,2-5H3,(H,18,19)(H,20,23). The number of amides is 2. The first-order valence-corrected chi connectivity index (χ1v) is 8.00. The van der Waals surface area contributed by atoms with Crippen LogP contribution in [0, 0.1) is 31.1 Å². The summed E-state index contributed by atoms with van der Waals surface area (Å²) in [4.78, 5) is 33.8. The molecule has 130 valence electrons. The van der Waals surface area contributed by atoms with E-state index >= 15 is 0 Å². The largest absolute Gasteiger partial charge is 0.453 e. The molecule has 1 aliphatic heterocycles. The third kappa shape index (κ3) is 3.70. The summed E-state index contributed by atoms with van der Waals surface area (Å²) in [5.41, 5.74) is 0.926. The van der Waals surface area contributed by atoms with E-state index in [4.69, 9.17) is 6.42 Å². The number of carbonyl (C=O) groups is 2. The molecule has 3 unspecified atom stereocenters. The number of aromatic amines is 1. The van der Waals surface area contributed by atoms with Crippen molar-refractivity contribution in [3.05, 3.63) is 17.7 Å². The van der Waals surface area contributed by atoms with E-state index < -0.39 is 12.1 Å². The number of rotatable bonds is 4. The van der Waals surface area contributed by atoms with Crippen LogP contribution in [0.3, 0.4) is 0 Å². The number of likely N-dealkylation sites (tertiary alicyclic amines) is 1. The van der Waals surface area contributed by atoms with E-state index in [-0.39, 0.29) is 23.8 Å². The van der Waals surface area contributed by atoms with Gasteiger partial charge in [-0.1, -0.05) is 13.8 Å². The number of terminal acetylenes is 1. The van der Waals surface area contributed by atoms with Crippen LogP contribution in [-0.2, 0) is 9.53 Å². The first-order chi connectivity index (χ1) is 11.4. The maximum Gasteiger partial charge on any atom is 0.407 e. The number of ether oxygens (including phenoxy) is 1. The van der Waals surface area contributed by atoms with Crippen molar-refractivity contribution in [1.29, 1.82) is 0 Å². The van der Waals surface area contributed by atoms with Crippen LogP contribution >= 0.6 is 0 Å². The summed E-state index contributed by atoms with van der Waals surface area (Å²) in [6, 6.07) is -0.888. The molecular weight excluding hydrogens is 308 g/mol. The maximum atomic E-state index is 13.0. The molecule has 0 aliphatic carbocycles. The predicted molar refractivity (Wildman–Crippen MR) is 88.9 cm³/mol. The summed E-state index contributed by atoms with van der Waals surface area (Å²) < 4.78 is 4.63. The smallest absolute Gasteiger partial charge is 0.407 e. The Hall–Kier alpha value is -2.49. The van der Waals surface area contributed by atoms with E-state index in [1.807, 2.05) is 20.8 Å². The van der Waals surface area contributed by atoms with Gasteiger partial charge in [0.05, 0.1) is 13.2 Å². The molecule has 3 atom stereocenters. The zero-order valence-corrected chi connectivity index (χ0v) is 14.5. The lowest BCUT2D eigenvalue weighted by Crippen LogP contribution is -2.51. The van der Waals surface area contributed by atoms with Crippen LogP contribution < -0.4 is 5.32 Å². The molecule has 0 spiro atoms. The highest BCUT2D eigenvalue weighted by Gasteiger charge is 2.40. The Morgan fingerprint density at radius 1 is 1.54 bits per heavy atom. The van der Waals surface area contributed by atoms with Crippen molar-refractivity contribution in [1.82, 2.24) is 20.2 Å². The first kappa shape index (κ1) is 17.9. The SMILES string of the molecule is C#CC1CC(c2ncc(C)[nH]2)N(C(=O)C(NC(=O)OC)C(C)C)C1. The Morgan fingerprint density at radius 3 is 2.75 bits per heavy atom. The quantitative estimate of drug-likeness (QED) is 0.820. The van der Waals surface area contributed by atoms with Gasteiger partial charge in [-0.25, -0.2) is 9.78 Å². The van der Waals surface area contributed by atoms with E-state index in [2.05, 4.69) is 25.9 Å². The monoisotopic (exact) mass is 332 g/mol. The van der Waals surface area contributed by atoms with Gasteiger partial charge in [-0.3, -0.25) is 4.79 Å². The Labute approximate surface area is 142 Å². The van der Waals surface area contributed by atoms with Gasteiger partial charge in [-0.15, -0.1) is 12.3 Å². The summed E-state index contributed by atoms with van der Waals surface area (Å²) in [7, 11) is 1.27. The fourth-order valence-corrected chi connectivity index (χ4v) is 2.94. The highest BCUT2D eigenvalue weighted by atomic mass is 16.5. The minimum Gasteiger partial charge on any atom is -0.453 e. The van der Waals surface area contributed by atoms with E-state index in [1.165, 1.54) is 7.11 Å². The number of imidazole rings is 1. The van der Waals surface area contributed by atoms with Crippen LogP contribution in [0.25, 0.3) is 0 Å². The average Bonchev–Trinajstić information content (AvgIpc) is 3.17. The van der Waals surface area contributed by atoms with Gasteiger partial charge in [0.2, 0.25) is 5.91 Å². The fourth-order valence-electron chi connectivity index (χ4n) is 2.94. The molecule has 0 aromatic carbocycles. The van der Waals surface area contributed by atoms with Crippen molar-refractivity contribution in [2.24, 2.45) is 11.8 Å². The van der Waals surface area contributed by atoms with Gasteiger partial charge in [-0.2, -0.15) is 0 Å². The average molecular weight is 332 g/mol. The molecule has 2 rings (SSSR count). The fraction of sp³-hybridized carbons (Fsp3) is 0.588. The van der Waals surface area contributed by atoms with Gasteiger partial charge in [0.15, 0.2) is 0 Å². The molecule has 7 nitrogen and oxygen atoms in total. The number of nitrogens with zero attached hydrogens (tertiary/aromatic N) is 2. The zero-order valence-electron chi connectivity index (χ0n) is 14.5. The molecule has 2 heterocycles. The van der Waals surface area contributed by atoms with Crippen LogP contribution in [0.5, 0.6) is 0 Å². The predicted octanol–water partition coefficient (Wildman–Crippen LogP) is 1.62. The molecule has 0 bridgehead atoms. The number of alkyl carbamates (subject to hydrolysis) is 1. The molecule has 2 amide bonds. The van der Waals surface area contributed by atoms with Crippen LogP contribution in [0.4, 0.5) is 4.79 Å². The van der Waals surface area contributed by atoms with Gasteiger partial charge in [0.1, 0.15) is 11.9 Å². The van der Waals surface area contributed by atoms with Crippen molar-refractivity contribution in [3.8, 4) is 12.3 Å². The lowest BCUT2D eigenvalue weighted by atomic mass is 10.0. The molecule has 1 aliphatic rings. The number of aryl methyl sites for hydroxylation is 1. The third-order valence-electron chi connectivity index (χ3n) is 4.25. The topological polar surface area (TPSA) is 87.3 Å². The number of hydrogen-bond acceptors (Lipinski definition) is 4. The van der Waals surface area contributed by atoms with Crippen LogP contribution in [0.1, 0.15) is 37.8 Å². The van der Waals surface area contributed by atoms with Crippen molar-refractivity contribution in [3.63, 3.8) is 0 Å². The van der Waals surface area contributed by atoms with Gasteiger partial charge in [0.25, 0.3) is 0 Å².